The molecule has 3 N–H and O–H groups in total. The zero-order chi connectivity index (χ0) is 37.9. The molecule has 0 saturated carbocycles. The van der Waals surface area contributed by atoms with Crippen LogP contribution in [-0.2, 0) is 18.3 Å². The van der Waals surface area contributed by atoms with Crippen LogP contribution in [0, 0.1) is 14.1 Å². The van der Waals surface area contributed by atoms with E-state index >= 15 is 0 Å². The summed E-state index contributed by atoms with van der Waals surface area (Å²) >= 11 is 5.42. The standard InChI is InChI=1S/C37H45ClI2N8O4/c1-22(41)13-14-48-21-28(23(2)44-48)25-11-12-27(32(40-7)31(25)39-6)30-20-42-33(45(30)8)34(49)43-24-9-10-26(29(38)19-24)35(50)46-15-17-47(18-16-46)36(51)52-37(3,4)5/h9-12,19-22H,6-7,13-18,41H2,1-5,8H3,(H,43,49). The molecular formula is C37H45ClI2N8O4. The van der Waals surface area contributed by atoms with Crippen molar-refractivity contribution in [3.8, 4) is 22.4 Å². The fraction of sp³-hybridized carbons (Fsp3) is 0.378. The van der Waals surface area contributed by atoms with E-state index in [-0.39, 0.29) is 22.8 Å². The van der Waals surface area contributed by atoms with Crippen molar-refractivity contribution in [2.45, 2.75) is 59.2 Å². The average Bonchev–Trinajstić information content (AvgIpc) is 3.67. The van der Waals surface area contributed by atoms with E-state index in [9.17, 15) is 14.4 Å². The molecular weight excluding hydrogens is 910 g/mol. The van der Waals surface area contributed by atoms with E-state index in [1.165, 1.54) is 7.14 Å². The molecule has 1 unspecified atom stereocenters. The highest BCUT2D eigenvalue weighted by Crippen LogP contribution is 2.39. The summed E-state index contributed by atoms with van der Waals surface area (Å²) in [7, 11) is 1.82. The minimum atomic E-state index is -0.599. The van der Waals surface area contributed by atoms with Gasteiger partial charge in [0.1, 0.15) is 5.60 Å². The quantitative estimate of drug-likeness (QED) is 0.168. The Kier molecular flexibility index (Phi) is 12.7. The highest BCUT2D eigenvalue weighted by molar-refractivity contribution is 14.2. The monoisotopic (exact) mass is 954 g/mol. The maximum absolute atomic E-state index is 13.5. The first kappa shape index (κ1) is 39.7. The van der Waals surface area contributed by atoms with E-state index < -0.39 is 59.1 Å². The van der Waals surface area contributed by atoms with Crippen molar-refractivity contribution >= 4 is 85.7 Å². The fourth-order valence-electron chi connectivity index (χ4n) is 5.86. The van der Waals surface area contributed by atoms with Gasteiger partial charge in [0.25, 0.3) is 11.8 Å². The number of nitrogens with two attached hydrogens (primary N) is 1. The van der Waals surface area contributed by atoms with Crippen LogP contribution in [0.5, 0.6) is 0 Å². The van der Waals surface area contributed by atoms with Crippen LogP contribution in [0.25, 0.3) is 22.4 Å². The van der Waals surface area contributed by atoms with E-state index in [2.05, 4.69) is 37.7 Å². The van der Waals surface area contributed by atoms with E-state index in [4.69, 9.17) is 27.2 Å². The van der Waals surface area contributed by atoms with Gasteiger partial charge in [-0.15, -0.1) is 0 Å². The second-order valence-corrected chi connectivity index (χ2v) is 17.7. The number of anilines is 1. The van der Waals surface area contributed by atoms with Gasteiger partial charge >= 0.3 is 6.09 Å². The maximum Gasteiger partial charge on any atom is 0.410 e. The van der Waals surface area contributed by atoms with Gasteiger partial charge in [0.15, 0.2) is 5.82 Å². The zero-order valence-electron chi connectivity index (χ0n) is 30.3. The van der Waals surface area contributed by atoms with Gasteiger partial charge in [0.2, 0.25) is 0 Å². The second kappa shape index (κ2) is 16.7. The fourth-order valence-corrected chi connectivity index (χ4v) is 11.1. The highest BCUT2D eigenvalue weighted by Gasteiger charge is 2.29. The third kappa shape index (κ3) is 8.99. The summed E-state index contributed by atoms with van der Waals surface area (Å²) in [4.78, 5) is 47.0. The summed E-state index contributed by atoms with van der Waals surface area (Å²) in [5.41, 5.74) is 11.1. The molecule has 278 valence electrons. The summed E-state index contributed by atoms with van der Waals surface area (Å²) in [6, 6.07) is 9.11. The molecule has 15 heteroatoms. The number of hydrogen-bond donors (Lipinski definition) is 2. The Morgan fingerprint density at radius 2 is 1.65 bits per heavy atom. The van der Waals surface area contributed by atoms with Gasteiger partial charge in [0, 0.05) is 76.0 Å². The zero-order valence-corrected chi connectivity index (χ0v) is 35.4. The van der Waals surface area contributed by atoms with Gasteiger partial charge in [-0.2, -0.15) is 5.10 Å². The molecule has 1 fully saturated rings. The largest absolute Gasteiger partial charge is 0.444 e. The molecule has 0 spiro atoms. The summed E-state index contributed by atoms with van der Waals surface area (Å²) in [6.45, 7) is 11.7. The van der Waals surface area contributed by atoms with Gasteiger partial charge in [0.05, 0.1) is 28.2 Å². The van der Waals surface area contributed by atoms with Crippen molar-refractivity contribution in [1.29, 1.82) is 0 Å². The second-order valence-electron chi connectivity index (χ2n) is 13.6. The van der Waals surface area contributed by atoms with Crippen molar-refractivity contribution < 1.29 is 19.1 Å². The number of rotatable bonds is 10. The molecule has 4 aromatic rings. The van der Waals surface area contributed by atoms with Crippen LogP contribution in [0.4, 0.5) is 10.5 Å². The van der Waals surface area contributed by atoms with Crippen molar-refractivity contribution in [1.82, 2.24) is 29.1 Å². The highest BCUT2D eigenvalue weighted by atomic mass is 127. The molecule has 2 aromatic carbocycles. The number of benzene rings is 2. The Balaban J connectivity index is 1.30. The summed E-state index contributed by atoms with van der Waals surface area (Å²) in [5, 5.41) is 7.83. The number of amides is 3. The molecule has 0 bridgehead atoms. The molecule has 1 saturated heterocycles. The first-order valence-corrected chi connectivity index (χ1v) is 22.3. The Labute approximate surface area is 329 Å². The third-order valence-electron chi connectivity index (χ3n) is 8.54. The number of carbonyl (C=O) groups excluding carboxylic acids is 3. The smallest absolute Gasteiger partial charge is 0.410 e. The molecule has 1 aliphatic heterocycles. The Morgan fingerprint density at radius 3 is 2.27 bits per heavy atom. The number of carbonyl (C=O) groups is 3. The normalized spacial score (nSPS) is 14.0. The van der Waals surface area contributed by atoms with Crippen molar-refractivity contribution in [3.63, 3.8) is 0 Å². The molecule has 3 amide bonds. The van der Waals surface area contributed by atoms with Crippen LogP contribution in [0.1, 0.15) is 60.8 Å². The summed E-state index contributed by atoms with van der Waals surface area (Å²) < 4.78 is 20.4. The number of aromatic nitrogens is 4. The summed E-state index contributed by atoms with van der Waals surface area (Å²) in [5.74, 6) is -0.433. The van der Waals surface area contributed by atoms with Crippen LogP contribution in [0.2, 0.25) is 5.02 Å². The van der Waals surface area contributed by atoms with Crippen LogP contribution < -0.4 is 11.1 Å². The van der Waals surface area contributed by atoms with Crippen molar-refractivity contribution in [2.75, 3.05) is 31.5 Å². The van der Waals surface area contributed by atoms with E-state index in [0.29, 0.717) is 37.4 Å². The van der Waals surface area contributed by atoms with Gasteiger partial charge in [-0.3, -0.25) is 14.3 Å². The Bertz CT molecular complexity index is 2030. The lowest BCUT2D eigenvalue weighted by atomic mass is 10.0. The molecule has 12 nitrogen and oxygen atoms in total. The number of piperazine rings is 1. The molecule has 1 aliphatic rings. The van der Waals surface area contributed by atoms with Gasteiger partial charge in [-0.05, 0) is 64.8 Å². The Morgan fingerprint density at radius 1 is 1.02 bits per heavy atom. The first-order valence-electron chi connectivity index (χ1n) is 16.8. The lowest BCUT2D eigenvalue weighted by Gasteiger charge is -2.35. The van der Waals surface area contributed by atoms with Gasteiger partial charge < -0.3 is 30.2 Å². The van der Waals surface area contributed by atoms with E-state index in [0.717, 1.165) is 41.0 Å². The maximum atomic E-state index is 13.5. The number of imidazole rings is 1. The predicted octanol–water partition coefficient (Wildman–Crippen LogP) is 6.74. The van der Waals surface area contributed by atoms with Crippen LogP contribution in [0.3, 0.4) is 0 Å². The lowest BCUT2D eigenvalue weighted by Crippen LogP contribution is -2.51. The summed E-state index contributed by atoms with van der Waals surface area (Å²) in [6.07, 6.45) is 4.26. The topological polar surface area (TPSA) is 141 Å². The number of aryl methyl sites for hydroxylation is 2. The average molecular weight is 955 g/mol. The van der Waals surface area contributed by atoms with Crippen LogP contribution in [-0.4, -0.2) is 93.9 Å². The number of hydrogen-bond acceptors (Lipinski definition) is 7. The molecule has 1 atom stereocenters. The minimum absolute atomic E-state index is 0.101. The van der Waals surface area contributed by atoms with Gasteiger partial charge in [-0.25, -0.2) is 9.78 Å². The lowest BCUT2D eigenvalue weighted by molar-refractivity contribution is 0.0141. The van der Waals surface area contributed by atoms with E-state index in [1.807, 2.05) is 46.3 Å². The molecule has 2 aromatic heterocycles. The minimum Gasteiger partial charge on any atom is -0.444 e. The first-order chi connectivity index (χ1) is 24.6. The SMILES string of the molecule is C=Ic1c(-c2cn(CCC(C)N)nc2C)ccc(-c2cnc(C(=O)Nc3ccc(C(=O)N4CCN(C(=O)OC(C)(C)C)CC4)c(Cl)c3)n2C)c1I=C. The van der Waals surface area contributed by atoms with Gasteiger partial charge in [-0.1, -0.05) is 74.2 Å². The number of nitrogens with one attached hydrogen (secondary N) is 1. The predicted molar refractivity (Wildman–Crippen MR) is 226 cm³/mol. The number of halogens is 3. The molecule has 0 radical (unpaired) electrons. The molecule has 5 rings (SSSR count). The number of ether oxygens (including phenoxy) is 1. The van der Waals surface area contributed by atoms with Crippen molar-refractivity contribution in [3.05, 3.63) is 72.0 Å². The Hall–Kier alpha value is -3.48. The molecule has 3 heterocycles. The van der Waals surface area contributed by atoms with Crippen LogP contribution in [0.15, 0.2) is 42.7 Å². The van der Waals surface area contributed by atoms with Crippen molar-refractivity contribution in [2.24, 2.45) is 12.8 Å². The third-order valence-corrected chi connectivity index (χ3v) is 13.7. The van der Waals surface area contributed by atoms with E-state index in [1.54, 1.807) is 38.8 Å². The molecule has 52 heavy (non-hydrogen) atoms. The molecule has 0 aliphatic carbocycles. The number of nitrogens with zero attached hydrogens (tertiary/aromatic N) is 6. The van der Waals surface area contributed by atoms with Crippen LogP contribution >= 0.6 is 53.1 Å².